The molecular weight excluding hydrogens is 270 g/mol. The first-order valence-electron chi connectivity index (χ1n) is 7.51. The molecule has 0 saturated carbocycles. The third-order valence-electron chi connectivity index (χ3n) is 3.91. The minimum Gasteiger partial charge on any atom is -0.344 e. The van der Waals surface area contributed by atoms with Gasteiger partial charge in [0, 0.05) is 23.5 Å². The molecule has 0 atom stereocenters. The zero-order chi connectivity index (χ0) is 15.4. The van der Waals surface area contributed by atoms with Crippen LogP contribution in [0.4, 0.5) is 0 Å². The van der Waals surface area contributed by atoms with E-state index in [4.69, 9.17) is 0 Å². The summed E-state index contributed by atoms with van der Waals surface area (Å²) in [5.41, 5.74) is 4.26. The standard InChI is InChI=1S/C20H19NO/c1-16-12-13-19(14-20(22)18-10-6-3-7-11-18)21(16)15-17-8-4-2-5-9-17/h2-13H,14-15H2,1H3. The quantitative estimate of drug-likeness (QED) is 0.643. The van der Waals surface area contributed by atoms with Gasteiger partial charge < -0.3 is 4.57 Å². The third kappa shape index (κ3) is 3.17. The molecule has 1 heterocycles. The van der Waals surface area contributed by atoms with Crippen molar-refractivity contribution in [2.24, 2.45) is 0 Å². The number of rotatable bonds is 5. The van der Waals surface area contributed by atoms with Crippen molar-refractivity contribution >= 4 is 5.78 Å². The SMILES string of the molecule is Cc1ccc(CC(=O)c2ccccc2)n1Cc1ccccc1. The van der Waals surface area contributed by atoms with Crippen molar-refractivity contribution in [3.63, 3.8) is 0 Å². The largest absolute Gasteiger partial charge is 0.344 e. The van der Waals surface area contributed by atoms with Crippen LogP contribution in [0.5, 0.6) is 0 Å². The summed E-state index contributed by atoms with van der Waals surface area (Å²) in [4.78, 5) is 12.4. The van der Waals surface area contributed by atoms with Gasteiger partial charge in [-0.05, 0) is 24.6 Å². The summed E-state index contributed by atoms with van der Waals surface area (Å²) >= 11 is 0. The lowest BCUT2D eigenvalue weighted by molar-refractivity contribution is 0.0991. The number of carbonyl (C=O) groups excluding carboxylic acids is 1. The molecule has 0 bridgehead atoms. The summed E-state index contributed by atoms with van der Waals surface area (Å²) in [7, 11) is 0. The number of nitrogens with zero attached hydrogens (tertiary/aromatic N) is 1. The summed E-state index contributed by atoms with van der Waals surface area (Å²) in [6.45, 7) is 2.89. The first kappa shape index (κ1) is 14.3. The molecule has 0 spiro atoms. The maximum Gasteiger partial charge on any atom is 0.168 e. The number of hydrogen-bond acceptors (Lipinski definition) is 1. The molecule has 0 radical (unpaired) electrons. The summed E-state index contributed by atoms with van der Waals surface area (Å²) in [6.07, 6.45) is 0.435. The second-order valence-electron chi connectivity index (χ2n) is 5.50. The van der Waals surface area contributed by atoms with Crippen LogP contribution in [-0.2, 0) is 13.0 Å². The van der Waals surface area contributed by atoms with Gasteiger partial charge >= 0.3 is 0 Å². The van der Waals surface area contributed by atoms with Crippen LogP contribution in [-0.4, -0.2) is 10.4 Å². The predicted molar refractivity (Wildman–Crippen MR) is 89.2 cm³/mol. The number of aromatic nitrogens is 1. The minimum absolute atomic E-state index is 0.160. The van der Waals surface area contributed by atoms with E-state index in [0.29, 0.717) is 6.42 Å². The van der Waals surface area contributed by atoms with E-state index in [1.165, 1.54) is 11.3 Å². The maximum atomic E-state index is 12.4. The van der Waals surface area contributed by atoms with Gasteiger partial charge in [0.25, 0.3) is 0 Å². The van der Waals surface area contributed by atoms with Gasteiger partial charge in [0.15, 0.2) is 5.78 Å². The Hall–Kier alpha value is -2.61. The third-order valence-corrected chi connectivity index (χ3v) is 3.91. The highest BCUT2D eigenvalue weighted by Crippen LogP contribution is 2.15. The first-order chi connectivity index (χ1) is 10.7. The van der Waals surface area contributed by atoms with Crippen molar-refractivity contribution in [2.45, 2.75) is 19.9 Å². The van der Waals surface area contributed by atoms with Gasteiger partial charge in [-0.3, -0.25) is 4.79 Å². The fourth-order valence-corrected chi connectivity index (χ4v) is 2.66. The molecule has 0 aliphatic carbocycles. The molecular formula is C20H19NO. The van der Waals surface area contributed by atoms with E-state index in [9.17, 15) is 4.79 Å². The second-order valence-corrected chi connectivity index (χ2v) is 5.50. The predicted octanol–water partition coefficient (Wildman–Crippen LogP) is 4.27. The number of hydrogen-bond donors (Lipinski definition) is 0. The molecule has 3 aromatic rings. The lowest BCUT2D eigenvalue weighted by Crippen LogP contribution is -2.11. The summed E-state index contributed by atoms with van der Waals surface area (Å²) in [6, 6.07) is 24.0. The summed E-state index contributed by atoms with van der Waals surface area (Å²) in [5, 5.41) is 0. The Morgan fingerprint density at radius 2 is 1.50 bits per heavy atom. The van der Waals surface area contributed by atoms with Gasteiger partial charge in [-0.1, -0.05) is 60.7 Å². The molecule has 0 saturated heterocycles. The molecule has 0 aliphatic heterocycles. The number of aryl methyl sites for hydroxylation is 1. The van der Waals surface area contributed by atoms with Gasteiger partial charge in [-0.25, -0.2) is 0 Å². The molecule has 2 aromatic carbocycles. The smallest absolute Gasteiger partial charge is 0.168 e. The summed E-state index contributed by atoms with van der Waals surface area (Å²) in [5.74, 6) is 0.160. The Bertz CT molecular complexity index is 757. The number of Topliss-reactive ketones (excluding diaryl/α,β-unsaturated/α-hetero) is 1. The fraction of sp³-hybridized carbons (Fsp3) is 0.150. The topological polar surface area (TPSA) is 22.0 Å². The van der Waals surface area contributed by atoms with Crippen LogP contribution in [0.3, 0.4) is 0 Å². The number of carbonyl (C=O) groups is 1. The number of benzene rings is 2. The lowest BCUT2D eigenvalue weighted by Gasteiger charge is -2.12. The normalized spacial score (nSPS) is 10.6. The molecule has 0 aliphatic rings. The Labute approximate surface area is 131 Å². The van der Waals surface area contributed by atoms with Gasteiger partial charge in [0.05, 0.1) is 6.42 Å². The van der Waals surface area contributed by atoms with E-state index in [-0.39, 0.29) is 5.78 Å². The maximum absolute atomic E-state index is 12.4. The van der Waals surface area contributed by atoms with Crippen LogP contribution in [0.1, 0.15) is 27.3 Å². The highest BCUT2D eigenvalue weighted by atomic mass is 16.1. The monoisotopic (exact) mass is 289 g/mol. The van der Waals surface area contributed by atoms with E-state index in [1.54, 1.807) is 0 Å². The van der Waals surface area contributed by atoms with E-state index in [2.05, 4.69) is 35.8 Å². The molecule has 1 aromatic heterocycles. The zero-order valence-electron chi connectivity index (χ0n) is 12.7. The molecule has 22 heavy (non-hydrogen) atoms. The van der Waals surface area contributed by atoms with Crippen LogP contribution in [0.25, 0.3) is 0 Å². The van der Waals surface area contributed by atoms with Gasteiger partial charge in [0.1, 0.15) is 0 Å². The molecule has 0 fully saturated rings. The molecule has 110 valence electrons. The molecule has 0 unspecified atom stereocenters. The highest BCUT2D eigenvalue weighted by Gasteiger charge is 2.11. The average molecular weight is 289 g/mol. The summed E-state index contributed by atoms with van der Waals surface area (Å²) < 4.78 is 2.22. The van der Waals surface area contributed by atoms with Crippen molar-refractivity contribution in [2.75, 3.05) is 0 Å². The Morgan fingerprint density at radius 3 is 2.18 bits per heavy atom. The Balaban J connectivity index is 1.82. The van der Waals surface area contributed by atoms with Crippen LogP contribution in [0.2, 0.25) is 0 Å². The molecule has 0 N–H and O–H groups in total. The van der Waals surface area contributed by atoms with Crippen LogP contribution in [0, 0.1) is 6.92 Å². The Morgan fingerprint density at radius 1 is 0.864 bits per heavy atom. The minimum atomic E-state index is 0.160. The Kier molecular flexibility index (Phi) is 4.19. The highest BCUT2D eigenvalue weighted by molar-refractivity contribution is 5.97. The zero-order valence-corrected chi connectivity index (χ0v) is 12.7. The molecule has 3 rings (SSSR count). The lowest BCUT2D eigenvalue weighted by atomic mass is 10.1. The van der Waals surface area contributed by atoms with E-state index in [1.807, 2.05) is 48.5 Å². The molecule has 2 heteroatoms. The van der Waals surface area contributed by atoms with Gasteiger partial charge in [-0.2, -0.15) is 0 Å². The number of ketones is 1. The van der Waals surface area contributed by atoms with Crippen molar-refractivity contribution in [1.29, 1.82) is 0 Å². The van der Waals surface area contributed by atoms with Crippen LogP contribution < -0.4 is 0 Å². The second kappa shape index (κ2) is 6.44. The molecule has 2 nitrogen and oxygen atoms in total. The van der Waals surface area contributed by atoms with Crippen molar-refractivity contribution in [3.05, 3.63) is 95.3 Å². The van der Waals surface area contributed by atoms with Crippen molar-refractivity contribution < 1.29 is 4.79 Å². The van der Waals surface area contributed by atoms with Crippen LogP contribution >= 0.6 is 0 Å². The van der Waals surface area contributed by atoms with E-state index >= 15 is 0 Å². The first-order valence-corrected chi connectivity index (χ1v) is 7.51. The molecule has 0 amide bonds. The van der Waals surface area contributed by atoms with E-state index in [0.717, 1.165) is 17.8 Å². The van der Waals surface area contributed by atoms with Gasteiger partial charge in [0.2, 0.25) is 0 Å². The van der Waals surface area contributed by atoms with E-state index < -0.39 is 0 Å². The van der Waals surface area contributed by atoms with Crippen LogP contribution in [0.15, 0.2) is 72.8 Å². The van der Waals surface area contributed by atoms with Crippen molar-refractivity contribution in [3.8, 4) is 0 Å². The fourth-order valence-electron chi connectivity index (χ4n) is 2.66. The average Bonchev–Trinajstić information content (AvgIpc) is 2.90. The van der Waals surface area contributed by atoms with Crippen molar-refractivity contribution in [1.82, 2.24) is 4.57 Å². The van der Waals surface area contributed by atoms with Gasteiger partial charge in [-0.15, -0.1) is 0 Å².